The molecule has 0 radical (unpaired) electrons. The number of rotatable bonds is 7. The molecule has 0 aliphatic heterocycles. The Hall–Kier alpha value is -2.71. The first-order valence-electron chi connectivity index (χ1n) is 9.09. The summed E-state index contributed by atoms with van der Waals surface area (Å²) >= 11 is 5.61. The first-order chi connectivity index (χ1) is 13.8. The Morgan fingerprint density at radius 2 is 2.00 bits per heavy atom. The molecule has 1 aromatic carbocycles. The van der Waals surface area contributed by atoms with E-state index in [9.17, 15) is 14.0 Å². The van der Waals surface area contributed by atoms with Gasteiger partial charge in [-0.2, -0.15) is 0 Å². The average Bonchev–Trinajstić information content (AvgIpc) is 2.64. The number of hydrogen-bond donors (Lipinski definition) is 3. The molecule has 0 spiro atoms. The maximum absolute atomic E-state index is 13.4. The van der Waals surface area contributed by atoms with Crippen molar-refractivity contribution in [2.24, 2.45) is 5.41 Å². The molecule has 0 atom stereocenters. The zero-order valence-electron chi connectivity index (χ0n) is 15.4. The summed E-state index contributed by atoms with van der Waals surface area (Å²) in [5, 5.41) is 14.8. The molecular formula is C20H19ClFN3O4. The summed E-state index contributed by atoms with van der Waals surface area (Å²) in [6.07, 6.45) is 3.17. The summed E-state index contributed by atoms with van der Waals surface area (Å²) in [6, 6.07) is 7.26. The van der Waals surface area contributed by atoms with Gasteiger partial charge in [0.15, 0.2) is 6.61 Å². The minimum atomic E-state index is -0.615. The quantitative estimate of drug-likeness (QED) is 0.640. The van der Waals surface area contributed by atoms with Gasteiger partial charge in [0.25, 0.3) is 5.91 Å². The van der Waals surface area contributed by atoms with Gasteiger partial charge in [0.05, 0.1) is 17.0 Å². The summed E-state index contributed by atoms with van der Waals surface area (Å²) in [5.41, 5.74) is -0.217. The molecule has 152 valence electrons. The standard InChI is InChI=1S/C20H19ClFN3O4/c21-14-2-1-13(6-15(14)22)29-8-17(27)25-20-9-19(10-20,11-20)18(28)24-16-5-12(7-26)3-4-23-16/h1-6,26H,7-11H2,(H,25,27)(H,23,24,28). The third-order valence-corrected chi connectivity index (χ3v) is 5.73. The zero-order valence-corrected chi connectivity index (χ0v) is 16.1. The normalized spacial score (nSPS) is 24.1. The molecule has 2 amide bonds. The van der Waals surface area contributed by atoms with Crippen molar-refractivity contribution >= 4 is 29.2 Å². The van der Waals surface area contributed by atoms with Crippen LogP contribution in [0.4, 0.5) is 10.2 Å². The number of amides is 2. The van der Waals surface area contributed by atoms with Crippen LogP contribution in [-0.4, -0.2) is 34.1 Å². The number of anilines is 1. The molecule has 3 aliphatic rings. The van der Waals surface area contributed by atoms with Gasteiger partial charge in [0, 0.05) is 17.8 Å². The van der Waals surface area contributed by atoms with Gasteiger partial charge in [0.2, 0.25) is 5.91 Å². The van der Waals surface area contributed by atoms with Crippen molar-refractivity contribution in [1.29, 1.82) is 0 Å². The minimum Gasteiger partial charge on any atom is -0.484 e. The number of carbonyl (C=O) groups is 2. The second-order valence-electron chi connectivity index (χ2n) is 7.67. The number of halogens is 2. The summed E-state index contributed by atoms with van der Waals surface area (Å²) in [7, 11) is 0. The van der Waals surface area contributed by atoms with Gasteiger partial charge in [-0.25, -0.2) is 9.37 Å². The van der Waals surface area contributed by atoms with Crippen LogP contribution in [0.25, 0.3) is 0 Å². The predicted octanol–water partition coefficient (Wildman–Crippen LogP) is 2.42. The number of aromatic nitrogens is 1. The van der Waals surface area contributed by atoms with E-state index in [-0.39, 0.29) is 41.3 Å². The van der Waals surface area contributed by atoms with Crippen molar-refractivity contribution in [1.82, 2.24) is 10.3 Å². The average molecular weight is 420 g/mol. The van der Waals surface area contributed by atoms with Crippen LogP contribution in [0, 0.1) is 11.2 Å². The number of ether oxygens (including phenoxy) is 1. The van der Waals surface area contributed by atoms with Crippen LogP contribution >= 0.6 is 11.6 Å². The van der Waals surface area contributed by atoms with Crippen molar-refractivity contribution in [2.45, 2.75) is 31.4 Å². The molecule has 0 unspecified atom stereocenters. The lowest BCUT2D eigenvalue weighted by Crippen LogP contribution is -2.78. The zero-order chi connectivity index (χ0) is 20.6. The first-order valence-corrected chi connectivity index (χ1v) is 9.47. The minimum absolute atomic E-state index is 0.0162. The van der Waals surface area contributed by atoms with Gasteiger partial charge < -0.3 is 20.5 Å². The first kappa shape index (κ1) is 19.6. The molecule has 5 rings (SSSR count). The third kappa shape index (κ3) is 3.77. The SMILES string of the molecule is O=C(COc1ccc(Cl)c(F)c1)NC12CC(C(=O)Nc3cc(CO)ccn3)(C1)C2. The molecule has 3 aliphatic carbocycles. The number of nitrogens with zero attached hydrogens (tertiary/aromatic N) is 1. The van der Waals surface area contributed by atoms with E-state index in [1.165, 1.54) is 18.3 Å². The van der Waals surface area contributed by atoms with Gasteiger partial charge in [0.1, 0.15) is 17.4 Å². The van der Waals surface area contributed by atoms with E-state index >= 15 is 0 Å². The number of pyridine rings is 1. The molecule has 3 fully saturated rings. The van der Waals surface area contributed by atoms with Crippen LogP contribution in [0.1, 0.15) is 24.8 Å². The van der Waals surface area contributed by atoms with E-state index in [2.05, 4.69) is 15.6 Å². The molecule has 0 saturated heterocycles. The summed E-state index contributed by atoms with van der Waals surface area (Å²) < 4.78 is 18.7. The Morgan fingerprint density at radius 1 is 1.24 bits per heavy atom. The summed E-state index contributed by atoms with van der Waals surface area (Å²) in [6.45, 7) is -0.379. The van der Waals surface area contributed by atoms with Gasteiger partial charge in [-0.05, 0) is 49.1 Å². The number of benzene rings is 1. The van der Waals surface area contributed by atoms with Crippen molar-refractivity contribution in [3.63, 3.8) is 0 Å². The second-order valence-corrected chi connectivity index (χ2v) is 8.07. The van der Waals surface area contributed by atoms with E-state index < -0.39 is 11.2 Å². The molecule has 2 aromatic rings. The Morgan fingerprint density at radius 3 is 2.69 bits per heavy atom. The van der Waals surface area contributed by atoms with Gasteiger partial charge >= 0.3 is 0 Å². The number of hydrogen-bond acceptors (Lipinski definition) is 5. The Bertz CT molecular complexity index is 964. The Balaban J connectivity index is 1.25. The van der Waals surface area contributed by atoms with Crippen LogP contribution in [0.5, 0.6) is 5.75 Å². The monoisotopic (exact) mass is 419 g/mol. The van der Waals surface area contributed by atoms with Crippen LogP contribution in [-0.2, 0) is 16.2 Å². The fourth-order valence-electron chi connectivity index (χ4n) is 4.10. The molecule has 3 N–H and O–H groups in total. The molecule has 9 heteroatoms. The maximum Gasteiger partial charge on any atom is 0.258 e. The topological polar surface area (TPSA) is 101 Å². The Kier molecular flexibility index (Phi) is 4.92. The van der Waals surface area contributed by atoms with E-state index in [4.69, 9.17) is 21.4 Å². The van der Waals surface area contributed by atoms with Crippen molar-refractivity contribution in [2.75, 3.05) is 11.9 Å². The predicted molar refractivity (Wildman–Crippen MR) is 103 cm³/mol. The third-order valence-electron chi connectivity index (χ3n) is 5.43. The molecule has 3 saturated carbocycles. The highest BCUT2D eigenvalue weighted by molar-refractivity contribution is 6.30. The summed E-state index contributed by atoms with van der Waals surface area (Å²) in [4.78, 5) is 28.8. The number of nitrogens with one attached hydrogen (secondary N) is 2. The number of carbonyl (C=O) groups excluding carboxylic acids is 2. The van der Waals surface area contributed by atoms with Crippen LogP contribution in [0.15, 0.2) is 36.5 Å². The Labute approximate surface area is 171 Å². The highest BCUT2D eigenvalue weighted by atomic mass is 35.5. The highest BCUT2D eigenvalue weighted by Crippen LogP contribution is 2.67. The van der Waals surface area contributed by atoms with Crippen LogP contribution in [0.3, 0.4) is 0 Å². The molecule has 2 bridgehead atoms. The fourth-order valence-corrected chi connectivity index (χ4v) is 4.22. The molecule has 1 aromatic heterocycles. The van der Waals surface area contributed by atoms with Crippen molar-refractivity contribution in [3.8, 4) is 5.75 Å². The van der Waals surface area contributed by atoms with Gasteiger partial charge in [-0.3, -0.25) is 9.59 Å². The van der Waals surface area contributed by atoms with E-state index in [1.807, 2.05) is 0 Å². The van der Waals surface area contributed by atoms with Gasteiger partial charge in [-0.1, -0.05) is 11.6 Å². The van der Waals surface area contributed by atoms with Crippen molar-refractivity contribution < 1.29 is 23.8 Å². The fraction of sp³-hybridized carbons (Fsp3) is 0.350. The molecule has 7 nitrogen and oxygen atoms in total. The lowest BCUT2D eigenvalue weighted by atomic mass is 9.39. The van der Waals surface area contributed by atoms with Crippen LogP contribution in [0.2, 0.25) is 5.02 Å². The molecular weight excluding hydrogens is 401 g/mol. The molecule has 1 heterocycles. The van der Waals surface area contributed by atoms with E-state index in [0.717, 1.165) is 6.07 Å². The van der Waals surface area contributed by atoms with Crippen LogP contribution < -0.4 is 15.4 Å². The number of aliphatic hydroxyl groups excluding tert-OH is 1. The summed E-state index contributed by atoms with van der Waals surface area (Å²) in [5.74, 6) is -0.465. The maximum atomic E-state index is 13.4. The lowest BCUT2D eigenvalue weighted by Gasteiger charge is -2.69. The van der Waals surface area contributed by atoms with Crippen molar-refractivity contribution in [3.05, 3.63) is 52.9 Å². The highest BCUT2D eigenvalue weighted by Gasteiger charge is 2.72. The lowest BCUT2D eigenvalue weighted by molar-refractivity contribution is -0.179. The number of aliphatic hydroxyl groups is 1. The van der Waals surface area contributed by atoms with E-state index in [0.29, 0.717) is 30.6 Å². The van der Waals surface area contributed by atoms with E-state index in [1.54, 1.807) is 12.1 Å². The smallest absolute Gasteiger partial charge is 0.258 e. The largest absolute Gasteiger partial charge is 0.484 e. The van der Waals surface area contributed by atoms with Gasteiger partial charge in [-0.15, -0.1) is 0 Å². The molecule has 29 heavy (non-hydrogen) atoms. The second kappa shape index (κ2) is 7.27.